The maximum atomic E-state index is 9.15. The van der Waals surface area contributed by atoms with Crippen molar-refractivity contribution < 1.29 is 5.11 Å². The highest BCUT2D eigenvalue weighted by Crippen LogP contribution is 2.42. The average molecular weight is 177 g/mol. The first-order valence-electron chi connectivity index (χ1n) is 4.76. The highest BCUT2D eigenvalue weighted by molar-refractivity contribution is 5.33. The Morgan fingerprint density at radius 1 is 1.23 bits per heavy atom. The third kappa shape index (κ3) is 1.31. The van der Waals surface area contributed by atoms with Crippen LogP contribution in [0.2, 0.25) is 0 Å². The fraction of sp³-hybridized carbons (Fsp3) is 0.455. The molecule has 0 spiro atoms. The highest BCUT2D eigenvalue weighted by atomic mass is 16.3. The van der Waals surface area contributed by atoms with Crippen molar-refractivity contribution in [1.29, 1.82) is 0 Å². The minimum absolute atomic E-state index is 0.216. The Balaban J connectivity index is 2.28. The van der Waals surface area contributed by atoms with Crippen LogP contribution < -0.4 is 5.73 Å². The van der Waals surface area contributed by atoms with E-state index in [4.69, 9.17) is 10.8 Å². The first kappa shape index (κ1) is 8.57. The third-order valence-electron chi connectivity index (χ3n) is 3.18. The van der Waals surface area contributed by atoms with Gasteiger partial charge in [-0.05, 0) is 30.5 Å². The van der Waals surface area contributed by atoms with Crippen LogP contribution in [0.15, 0.2) is 24.3 Å². The zero-order valence-corrected chi connectivity index (χ0v) is 7.66. The molecule has 0 bridgehead atoms. The average Bonchev–Trinajstić information content (AvgIpc) is 2.07. The van der Waals surface area contributed by atoms with Crippen LogP contribution in [0.3, 0.4) is 0 Å². The van der Waals surface area contributed by atoms with Gasteiger partial charge in [-0.25, -0.2) is 0 Å². The number of phenols is 1. The first-order valence-corrected chi connectivity index (χ1v) is 4.76. The molecule has 1 aromatic carbocycles. The van der Waals surface area contributed by atoms with Crippen molar-refractivity contribution in [2.24, 2.45) is 5.73 Å². The molecule has 0 amide bonds. The number of benzene rings is 1. The second-order valence-electron chi connectivity index (χ2n) is 3.88. The van der Waals surface area contributed by atoms with Gasteiger partial charge in [-0.1, -0.05) is 18.6 Å². The Morgan fingerprint density at radius 3 is 2.23 bits per heavy atom. The lowest BCUT2D eigenvalue weighted by molar-refractivity contribution is 0.253. The van der Waals surface area contributed by atoms with E-state index in [2.05, 4.69) is 0 Å². The van der Waals surface area contributed by atoms with Crippen molar-refractivity contribution in [2.75, 3.05) is 6.54 Å². The molecule has 2 heteroatoms. The molecule has 0 atom stereocenters. The maximum Gasteiger partial charge on any atom is 0.115 e. The van der Waals surface area contributed by atoms with E-state index in [0.717, 1.165) is 6.54 Å². The molecule has 0 aliphatic heterocycles. The van der Waals surface area contributed by atoms with E-state index in [-0.39, 0.29) is 5.41 Å². The largest absolute Gasteiger partial charge is 0.508 e. The molecule has 1 fully saturated rings. The van der Waals surface area contributed by atoms with Crippen molar-refractivity contribution in [3.63, 3.8) is 0 Å². The van der Waals surface area contributed by atoms with Crippen LogP contribution in [0.25, 0.3) is 0 Å². The van der Waals surface area contributed by atoms with E-state index in [9.17, 15) is 0 Å². The molecule has 1 aliphatic rings. The molecule has 1 aliphatic carbocycles. The van der Waals surface area contributed by atoms with Gasteiger partial charge in [0.2, 0.25) is 0 Å². The third-order valence-corrected chi connectivity index (χ3v) is 3.18. The molecular formula is C11H15NO. The number of rotatable bonds is 2. The van der Waals surface area contributed by atoms with Gasteiger partial charge in [0.1, 0.15) is 5.75 Å². The number of hydrogen-bond donors (Lipinski definition) is 2. The lowest BCUT2D eigenvalue weighted by atomic mass is 9.64. The molecule has 0 saturated heterocycles. The monoisotopic (exact) mass is 177 g/mol. The van der Waals surface area contributed by atoms with Crippen LogP contribution in [0.4, 0.5) is 0 Å². The summed E-state index contributed by atoms with van der Waals surface area (Å²) < 4.78 is 0. The molecule has 1 saturated carbocycles. The van der Waals surface area contributed by atoms with Gasteiger partial charge in [0.15, 0.2) is 0 Å². The summed E-state index contributed by atoms with van der Waals surface area (Å²) in [6.45, 7) is 0.720. The maximum absolute atomic E-state index is 9.15. The Bertz CT molecular complexity index is 282. The van der Waals surface area contributed by atoms with Gasteiger partial charge in [-0.2, -0.15) is 0 Å². The molecule has 13 heavy (non-hydrogen) atoms. The summed E-state index contributed by atoms with van der Waals surface area (Å²) in [5.74, 6) is 0.329. The van der Waals surface area contributed by atoms with Crippen LogP contribution >= 0.6 is 0 Å². The fourth-order valence-corrected chi connectivity index (χ4v) is 2.03. The number of phenolic OH excluding ortho intramolecular Hbond substituents is 1. The zero-order valence-electron chi connectivity index (χ0n) is 7.66. The molecule has 0 radical (unpaired) electrons. The molecule has 0 aromatic heterocycles. The van der Waals surface area contributed by atoms with Crippen LogP contribution in [0.1, 0.15) is 24.8 Å². The fourth-order valence-electron chi connectivity index (χ4n) is 2.03. The molecule has 70 valence electrons. The van der Waals surface area contributed by atoms with Gasteiger partial charge in [0.25, 0.3) is 0 Å². The summed E-state index contributed by atoms with van der Waals surface area (Å²) in [4.78, 5) is 0. The smallest absolute Gasteiger partial charge is 0.115 e. The second kappa shape index (κ2) is 3.04. The van der Waals surface area contributed by atoms with Gasteiger partial charge in [0.05, 0.1) is 0 Å². The normalized spacial score (nSPS) is 19.5. The van der Waals surface area contributed by atoms with Gasteiger partial charge in [-0.15, -0.1) is 0 Å². The molecular weight excluding hydrogens is 162 g/mol. The van der Waals surface area contributed by atoms with Crippen molar-refractivity contribution in [2.45, 2.75) is 24.7 Å². The standard InChI is InChI=1S/C11H15NO/c12-8-11(6-1-7-11)9-2-4-10(13)5-3-9/h2-5,13H,1,6-8,12H2. The second-order valence-corrected chi connectivity index (χ2v) is 3.88. The first-order chi connectivity index (χ1) is 6.27. The van der Waals surface area contributed by atoms with E-state index in [1.807, 2.05) is 12.1 Å². The van der Waals surface area contributed by atoms with Crippen LogP contribution in [-0.4, -0.2) is 11.7 Å². The van der Waals surface area contributed by atoms with E-state index in [1.165, 1.54) is 24.8 Å². The van der Waals surface area contributed by atoms with Gasteiger partial charge < -0.3 is 10.8 Å². The van der Waals surface area contributed by atoms with Crippen molar-refractivity contribution >= 4 is 0 Å². The van der Waals surface area contributed by atoms with Crippen molar-refractivity contribution in [1.82, 2.24) is 0 Å². The lowest BCUT2D eigenvalue weighted by Gasteiger charge is -2.41. The summed E-state index contributed by atoms with van der Waals surface area (Å²) in [7, 11) is 0. The summed E-state index contributed by atoms with van der Waals surface area (Å²) >= 11 is 0. The van der Waals surface area contributed by atoms with Gasteiger partial charge in [0, 0.05) is 12.0 Å². The Morgan fingerprint density at radius 2 is 1.85 bits per heavy atom. The molecule has 2 nitrogen and oxygen atoms in total. The highest BCUT2D eigenvalue weighted by Gasteiger charge is 2.36. The number of nitrogens with two attached hydrogens (primary N) is 1. The van der Waals surface area contributed by atoms with Crippen LogP contribution in [0, 0.1) is 0 Å². The molecule has 2 rings (SSSR count). The minimum Gasteiger partial charge on any atom is -0.508 e. The minimum atomic E-state index is 0.216. The predicted octanol–water partition coefficient (Wildman–Crippen LogP) is 1.77. The molecule has 0 heterocycles. The summed E-state index contributed by atoms with van der Waals surface area (Å²) in [5, 5.41) is 9.15. The number of hydrogen-bond acceptors (Lipinski definition) is 2. The van der Waals surface area contributed by atoms with E-state index >= 15 is 0 Å². The van der Waals surface area contributed by atoms with Gasteiger partial charge >= 0.3 is 0 Å². The quantitative estimate of drug-likeness (QED) is 0.723. The topological polar surface area (TPSA) is 46.2 Å². The SMILES string of the molecule is NCC1(c2ccc(O)cc2)CCC1. The van der Waals surface area contributed by atoms with Crippen LogP contribution in [0.5, 0.6) is 5.75 Å². The predicted molar refractivity (Wildman–Crippen MR) is 52.7 cm³/mol. The van der Waals surface area contributed by atoms with Crippen molar-refractivity contribution in [3.05, 3.63) is 29.8 Å². The Kier molecular flexibility index (Phi) is 2.00. The van der Waals surface area contributed by atoms with E-state index < -0.39 is 0 Å². The Labute approximate surface area is 78.4 Å². The Hall–Kier alpha value is -1.02. The van der Waals surface area contributed by atoms with Crippen LogP contribution in [-0.2, 0) is 5.41 Å². The van der Waals surface area contributed by atoms with E-state index in [0.29, 0.717) is 5.75 Å². The van der Waals surface area contributed by atoms with Crippen molar-refractivity contribution in [3.8, 4) is 5.75 Å². The number of aromatic hydroxyl groups is 1. The lowest BCUT2D eigenvalue weighted by Crippen LogP contribution is -2.41. The summed E-state index contributed by atoms with van der Waals surface area (Å²) in [6, 6.07) is 7.46. The zero-order chi connectivity index (χ0) is 9.31. The molecule has 0 unspecified atom stereocenters. The molecule has 1 aromatic rings. The van der Waals surface area contributed by atoms with E-state index in [1.54, 1.807) is 12.1 Å². The summed E-state index contributed by atoms with van der Waals surface area (Å²) in [6.07, 6.45) is 3.65. The van der Waals surface area contributed by atoms with Gasteiger partial charge in [-0.3, -0.25) is 0 Å². The summed E-state index contributed by atoms with van der Waals surface area (Å²) in [5.41, 5.74) is 7.27. The molecule has 3 N–H and O–H groups in total.